The quantitative estimate of drug-likeness (QED) is 0.749. The third-order valence-corrected chi connectivity index (χ3v) is 3.73. The van der Waals surface area contributed by atoms with Crippen LogP contribution in [-0.2, 0) is 0 Å². The number of primary amides is 1. The highest BCUT2D eigenvalue weighted by molar-refractivity contribution is 5.94. The molecule has 0 unspecified atom stereocenters. The molecule has 0 spiro atoms. The molecule has 2 atom stereocenters. The van der Waals surface area contributed by atoms with Gasteiger partial charge in [0.05, 0.1) is 5.56 Å². The molecular formula is C14H22F2N4O2. The number of H-pyrrole nitrogens is 1. The topological polar surface area (TPSA) is 91.2 Å². The van der Waals surface area contributed by atoms with E-state index in [-0.39, 0.29) is 5.56 Å². The fraction of sp³-hybridized carbons (Fsp3) is 0.571. The van der Waals surface area contributed by atoms with Crippen LogP contribution in [0, 0.1) is 0 Å². The molecule has 1 saturated heterocycles. The van der Waals surface area contributed by atoms with E-state index in [1.54, 1.807) is 0 Å². The Bertz CT molecular complexity index is 552. The maximum absolute atomic E-state index is 12.2. The fourth-order valence-electron chi connectivity index (χ4n) is 2.10. The molecule has 124 valence electrons. The lowest BCUT2D eigenvalue weighted by Crippen LogP contribution is -2.52. The Kier molecular flexibility index (Phi) is 6.63. The summed E-state index contributed by atoms with van der Waals surface area (Å²) < 4.78 is 24.4. The number of amides is 1. The maximum Gasteiger partial charge on any atom is 0.264 e. The van der Waals surface area contributed by atoms with Crippen LogP contribution in [0.5, 0.6) is 0 Å². The maximum atomic E-state index is 12.2. The highest BCUT2D eigenvalue weighted by Gasteiger charge is 2.19. The number of piperazine rings is 1. The van der Waals surface area contributed by atoms with Crippen LogP contribution in [0.2, 0.25) is 0 Å². The zero-order chi connectivity index (χ0) is 16.9. The molecule has 0 radical (unpaired) electrons. The minimum Gasteiger partial charge on any atom is -0.366 e. The van der Waals surface area contributed by atoms with E-state index < -0.39 is 23.5 Å². The molecule has 2 heterocycles. The SMILES string of the molecule is C[C@@H]1CNC[C@H](C)N1C.NC(=O)c1c[nH]c(=O)cc1C(F)F. The number of aromatic nitrogens is 1. The van der Waals surface area contributed by atoms with Gasteiger partial charge in [-0.2, -0.15) is 0 Å². The molecule has 1 amide bonds. The molecular weight excluding hydrogens is 294 g/mol. The van der Waals surface area contributed by atoms with Crippen LogP contribution in [0.4, 0.5) is 8.78 Å². The van der Waals surface area contributed by atoms with Crippen molar-refractivity contribution in [3.63, 3.8) is 0 Å². The molecule has 1 aliphatic rings. The molecule has 1 aromatic heterocycles. The Morgan fingerprint density at radius 1 is 1.36 bits per heavy atom. The summed E-state index contributed by atoms with van der Waals surface area (Å²) in [7, 11) is 2.19. The zero-order valence-electron chi connectivity index (χ0n) is 12.9. The van der Waals surface area contributed by atoms with Crippen molar-refractivity contribution in [3.05, 3.63) is 33.7 Å². The Balaban J connectivity index is 0.000000235. The van der Waals surface area contributed by atoms with Gasteiger partial charge < -0.3 is 16.0 Å². The van der Waals surface area contributed by atoms with Gasteiger partial charge in [-0.05, 0) is 20.9 Å². The second kappa shape index (κ2) is 8.00. The predicted molar refractivity (Wildman–Crippen MR) is 80.1 cm³/mol. The molecule has 0 aliphatic carbocycles. The van der Waals surface area contributed by atoms with Gasteiger partial charge in [0.1, 0.15) is 0 Å². The number of carbonyl (C=O) groups excluding carboxylic acids is 1. The number of nitrogens with two attached hydrogens (primary N) is 1. The van der Waals surface area contributed by atoms with E-state index in [9.17, 15) is 18.4 Å². The van der Waals surface area contributed by atoms with Crippen LogP contribution in [0.3, 0.4) is 0 Å². The molecule has 8 heteroatoms. The minimum absolute atomic E-state index is 0.366. The smallest absolute Gasteiger partial charge is 0.264 e. The predicted octanol–water partition coefficient (Wildman–Crippen LogP) is 0.710. The number of nitrogens with one attached hydrogen (secondary N) is 2. The van der Waals surface area contributed by atoms with Crippen molar-refractivity contribution in [1.82, 2.24) is 15.2 Å². The number of pyridine rings is 1. The van der Waals surface area contributed by atoms with Crippen molar-refractivity contribution in [2.75, 3.05) is 20.1 Å². The molecule has 0 bridgehead atoms. The van der Waals surface area contributed by atoms with E-state index in [1.165, 1.54) is 0 Å². The Morgan fingerprint density at radius 2 is 1.91 bits per heavy atom. The first-order valence-electron chi connectivity index (χ1n) is 6.97. The Hall–Kier alpha value is -1.80. The van der Waals surface area contributed by atoms with Crippen LogP contribution >= 0.6 is 0 Å². The second-order valence-corrected chi connectivity index (χ2v) is 5.35. The molecule has 22 heavy (non-hydrogen) atoms. The largest absolute Gasteiger partial charge is 0.366 e. The number of carbonyl (C=O) groups is 1. The number of halogens is 2. The van der Waals surface area contributed by atoms with Gasteiger partial charge in [-0.1, -0.05) is 0 Å². The summed E-state index contributed by atoms with van der Waals surface area (Å²) in [5, 5.41) is 3.37. The van der Waals surface area contributed by atoms with Crippen molar-refractivity contribution in [2.45, 2.75) is 32.4 Å². The van der Waals surface area contributed by atoms with Crippen LogP contribution < -0.4 is 16.6 Å². The number of alkyl halides is 2. The van der Waals surface area contributed by atoms with E-state index in [0.717, 1.165) is 19.3 Å². The summed E-state index contributed by atoms with van der Waals surface area (Å²) in [6, 6.07) is 2.06. The number of likely N-dealkylation sites (N-methyl/N-ethyl adjacent to an activating group) is 1. The summed E-state index contributed by atoms with van der Waals surface area (Å²) in [6.07, 6.45) is -2.00. The van der Waals surface area contributed by atoms with Gasteiger partial charge in [-0.3, -0.25) is 14.5 Å². The second-order valence-electron chi connectivity index (χ2n) is 5.35. The van der Waals surface area contributed by atoms with Gasteiger partial charge in [0, 0.05) is 43.0 Å². The van der Waals surface area contributed by atoms with Crippen molar-refractivity contribution in [3.8, 4) is 0 Å². The van der Waals surface area contributed by atoms with Crippen molar-refractivity contribution in [1.29, 1.82) is 0 Å². The summed E-state index contributed by atoms with van der Waals surface area (Å²) in [5.41, 5.74) is 3.11. The van der Waals surface area contributed by atoms with Crippen LogP contribution in [-0.4, -0.2) is 48.0 Å². The first-order valence-corrected chi connectivity index (χ1v) is 6.97. The lowest BCUT2D eigenvalue weighted by Gasteiger charge is -2.36. The van der Waals surface area contributed by atoms with Gasteiger partial charge in [0.25, 0.3) is 12.3 Å². The first-order chi connectivity index (χ1) is 10.2. The van der Waals surface area contributed by atoms with Gasteiger partial charge in [-0.15, -0.1) is 0 Å². The first kappa shape index (κ1) is 18.2. The average molecular weight is 316 g/mol. The van der Waals surface area contributed by atoms with Gasteiger partial charge in [0.15, 0.2) is 0 Å². The van der Waals surface area contributed by atoms with Crippen molar-refractivity contribution >= 4 is 5.91 Å². The summed E-state index contributed by atoms with van der Waals surface area (Å²) in [4.78, 5) is 25.7. The lowest BCUT2D eigenvalue weighted by molar-refractivity contribution is 0.0985. The molecule has 4 N–H and O–H groups in total. The van der Waals surface area contributed by atoms with E-state index in [0.29, 0.717) is 18.2 Å². The number of aromatic amines is 1. The molecule has 0 aromatic carbocycles. The normalized spacial score (nSPS) is 22.1. The van der Waals surface area contributed by atoms with Crippen LogP contribution in [0.15, 0.2) is 17.1 Å². The number of rotatable bonds is 2. The average Bonchev–Trinajstić information content (AvgIpc) is 2.45. The van der Waals surface area contributed by atoms with E-state index in [4.69, 9.17) is 5.73 Å². The van der Waals surface area contributed by atoms with E-state index >= 15 is 0 Å². The van der Waals surface area contributed by atoms with Gasteiger partial charge >= 0.3 is 0 Å². The molecule has 1 fully saturated rings. The van der Waals surface area contributed by atoms with Gasteiger partial charge in [-0.25, -0.2) is 8.78 Å². The summed E-state index contributed by atoms with van der Waals surface area (Å²) >= 11 is 0. The standard InChI is InChI=1S/C7H6F2N2O2.C7H16N2/c8-6(9)3-1-5(12)11-2-4(3)7(10)13;1-6-4-8-5-7(2)9(6)3/h1-2,6H,(H2,10,13)(H,11,12);6-8H,4-5H2,1-3H3/t;6-,7+. The number of hydrogen-bond acceptors (Lipinski definition) is 4. The number of hydrogen-bond donors (Lipinski definition) is 3. The molecule has 2 rings (SSSR count). The third-order valence-electron chi connectivity index (χ3n) is 3.73. The highest BCUT2D eigenvalue weighted by atomic mass is 19.3. The van der Waals surface area contributed by atoms with Crippen LogP contribution in [0.1, 0.15) is 36.2 Å². The fourth-order valence-corrected chi connectivity index (χ4v) is 2.10. The van der Waals surface area contributed by atoms with E-state index in [1.807, 2.05) is 0 Å². The third kappa shape index (κ3) is 4.88. The number of nitrogens with zero attached hydrogens (tertiary/aromatic N) is 1. The Morgan fingerprint density at radius 3 is 2.32 bits per heavy atom. The summed E-state index contributed by atoms with van der Waals surface area (Å²) in [5.74, 6) is -0.994. The van der Waals surface area contributed by atoms with Gasteiger partial charge in [0.2, 0.25) is 5.56 Å². The highest BCUT2D eigenvalue weighted by Crippen LogP contribution is 2.20. The van der Waals surface area contributed by atoms with Crippen molar-refractivity contribution < 1.29 is 13.6 Å². The molecule has 1 aromatic rings. The minimum atomic E-state index is -2.88. The molecule has 6 nitrogen and oxygen atoms in total. The summed E-state index contributed by atoms with van der Waals surface area (Å²) in [6.45, 7) is 6.78. The molecule has 0 saturated carbocycles. The molecule has 1 aliphatic heterocycles. The Labute approximate surface area is 127 Å². The zero-order valence-corrected chi connectivity index (χ0v) is 12.9. The van der Waals surface area contributed by atoms with E-state index in [2.05, 4.69) is 36.1 Å². The lowest BCUT2D eigenvalue weighted by atomic mass is 10.1. The monoisotopic (exact) mass is 316 g/mol. The van der Waals surface area contributed by atoms with Crippen LogP contribution in [0.25, 0.3) is 0 Å². The van der Waals surface area contributed by atoms with Crippen molar-refractivity contribution in [2.24, 2.45) is 5.73 Å².